The maximum absolute atomic E-state index is 13.3. The minimum atomic E-state index is -3.57. The van der Waals surface area contributed by atoms with Crippen LogP contribution in [0.2, 0.25) is 0 Å². The Morgan fingerprint density at radius 3 is 2.72 bits per heavy atom. The van der Waals surface area contributed by atoms with E-state index >= 15 is 0 Å². The number of sulfonamides is 1. The highest BCUT2D eigenvalue weighted by Gasteiger charge is 2.30. The third-order valence-corrected chi connectivity index (χ3v) is 8.10. The molecular formula is C21H26N4O2S2. The van der Waals surface area contributed by atoms with E-state index in [4.69, 9.17) is 0 Å². The maximum Gasteiger partial charge on any atom is 0.245 e. The molecule has 0 saturated carbocycles. The van der Waals surface area contributed by atoms with Gasteiger partial charge in [-0.05, 0) is 37.5 Å². The van der Waals surface area contributed by atoms with Crippen molar-refractivity contribution in [3.63, 3.8) is 0 Å². The molecule has 0 amide bonds. The molecule has 0 bridgehead atoms. The minimum absolute atomic E-state index is 0.298. The average Bonchev–Trinajstić information content (AvgIpc) is 3.15. The van der Waals surface area contributed by atoms with E-state index in [9.17, 15) is 8.42 Å². The lowest BCUT2D eigenvalue weighted by Gasteiger charge is -2.33. The van der Waals surface area contributed by atoms with Crippen LogP contribution < -0.4 is 0 Å². The monoisotopic (exact) mass is 430 g/mol. The van der Waals surface area contributed by atoms with Crippen LogP contribution in [0.1, 0.15) is 29.6 Å². The summed E-state index contributed by atoms with van der Waals surface area (Å²) >= 11 is 1.72. The SMILES string of the molecule is CCCc1nc(CN2CCN(S(=O)(=O)c3cccc4cc(C)cnc34)CC2)cs1. The highest BCUT2D eigenvalue weighted by molar-refractivity contribution is 7.89. The second-order valence-electron chi connectivity index (χ2n) is 7.50. The van der Waals surface area contributed by atoms with Crippen molar-refractivity contribution in [2.75, 3.05) is 26.2 Å². The van der Waals surface area contributed by atoms with Crippen LogP contribution in [0.15, 0.2) is 40.7 Å². The van der Waals surface area contributed by atoms with Crippen molar-refractivity contribution in [3.8, 4) is 0 Å². The number of hydrogen-bond donors (Lipinski definition) is 0. The van der Waals surface area contributed by atoms with Gasteiger partial charge in [0, 0.05) is 49.7 Å². The van der Waals surface area contributed by atoms with Crippen molar-refractivity contribution in [3.05, 3.63) is 52.1 Å². The first-order chi connectivity index (χ1) is 14.0. The van der Waals surface area contributed by atoms with Crippen molar-refractivity contribution in [1.82, 2.24) is 19.2 Å². The van der Waals surface area contributed by atoms with Gasteiger partial charge in [-0.3, -0.25) is 9.88 Å². The highest BCUT2D eigenvalue weighted by Crippen LogP contribution is 2.26. The molecule has 8 heteroatoms. The van der Waals surface area contributed by atoms with Gasteiger partial charge in [0.25, 0.3) is 0 Å². The summed E-state index contributed by atoms with van der Waals surface area (Å²) in [6.07, 6.45) is 3.85. The molecule has 3 aromatic rings. The topological polar surface area (TPSA) is 66.4 Å². The number of para-hydroxylation sites is 1. The summed E-state index contributed by atoms with van der Waals surface area (Å²) in [5.74, 6) is 0. The molecule has 0 atom stereocenters. The van der Waals surface area contributed by atoms with Crippen LogP contribution in [0, 0.1) is 6.92 Å². The zero-order chi connectivity index (χ0) is 20.4. The van der Waals surface area contributed by atoms with Gasteiger partial charge in [-0.25, -0.2) is 13.4 Å². The molecule has 2 aromatic heterocycles. The Balaban J connectivity index is 1.46. The van der Waals surface area contributed by atoms with E-state index < -0.39 is 10.0 Å². The Hall–Kier alpha value is -1.87. The lowest BCUT2D eigenvalue weighted by atomic mass is 10.2. The van der Waals surface area contributed by atoms with Crippen LogP contribution >= 0.6 is 11.3 Å². The zero-order valence-corrected chi connectivity index (χ0v) is 18.5. The van der Waals surface area contributed by atoms with Gasteiger partial charge in [-0.1, -0.05) is 19.1 Å². The molecule has 0 spiro atoms. The number of thiazole rings is 1. The molecule has 0 unspecified atom stereocenters. The summed E-state index contributed by atoms with van der Waals surface area (Å²) in [6, 6.07) is 7.34. The summed E-state index contributed by atoms with van der Waals surface area (Å²) in [5.41, 5.74) is 2.65. The van der Waals surface area contributed by atoms with Crippen molar-refractivity contribution in [1.29, 1.82) is 0 Å². The molecule has 0 radical (unpaired) electrons. The van der Waals surface area contributed by atoms with Crippen molar-refractivity contribution in [2.24, 2.45) is 0 Å². The van der Waals surface area contributed by atoms with Crippen molar-refractivity contribution >= 4 is 32.3 Å². The number of pyridine rings is 1. The first kappa shape index (κ1) is 20.4. The molecule has 3 heterocycles. The summed E-state index contributed by atoms with van der Waals surface area (Å²) in [6.45, 7) is 7.28. The summed E-state index contributed by atoms with van der Waals surface area (Å²) in [4.78, 5) is 11.7. The van der Waals surface area contributed by atoms with Crippen LogP contribution in [0.3, 0.4) is 0 Å². The third-order valence-electron chi connectivity index (χ3n) is 5.21. The van der Waals surface area contributed by atoms with Gasteiger partial charge in [0.2, 0.25) is 10.0 Å². The number of aryl methyl sites for hydroxylation is 2. The highest BCUT2D eigenvalue weighted by atomic mass is 32.2. The maximum atomic E-state index is 13.3. The summed E-state index contributed by atoms with van der Waals surface area (Å²) < 4.78 is 28.2. The molecule has 1 aromatic carbocycles. The Kier molecular flexibility index (Phi) is 5.96. The van der Waals surface area contributed by atoms with Crippen LogP contribution in [0.25, 0.3) is 10.9 Å². The lowest BCUT2D eigenvalue weighted by molar-refractivity contribution is 0.180. The first-order valence-electron chi connectivity index (χ1n) is 9.98. The molecule has 154 valence electrons. The number of fused-ring (bicyclic) bond motifs is 1. The number of aromatic nitrogens is 2. The lowest BCUT2D eigenvalue weighted by Crippen LogP contribution is -2.48. The molecule has 4 rings (SSSR count). The fourth-order valence-electron chi connectivity index (χ4n) is 3.70. The average molecular weight is 431 g/mol. The summed E-state index contributed by atoms with van der Waals surface area (Å²) in [7, 11) is -3.57. The van der Waals surface area contributed by atoms with Gasteiger partial charge < -0.3 is 0 Å². The molecule has 6 nitrogen and oxygen atoms in total. The number of rotatable bonds is 6. The quantitative estimate of drug-likeness (QED) is 0.599. The van der Waals surface area contributed by atoms with Crippen LogP contribution in [0.5, 0.6) is 0 Å². The fraction of sp³-hybridized carbons (Fsp3) is 0.429. The van der Waals surface area contributed by atoms with E-state index in [0.717, 1.165) is 36.0 Å². The van der Waals surface area contributed by atoms with E-state index in [2.05, 4.69) is 27.2 Å². The molecule has 1 saturated heterocycles. The predicted octanol–water partition coefficient (Wildman–Crippen LogP) is 3.46. The molecule has 1 aliphatic heterocycles. The first-order valence-corrected chi connectivity index (χ1v) is 12.3. The Labute approximate surface area is 176 Å². The van der Waals surface area contributed by atoms with Gasteiger partial charge in [0.15, 0.2) is 0 Å². The van der Waals surface area contributed by atoms with E-state index in [1.807, 2.05) is 19.1 Å². The van der Waals surface area contributed by atoms with E-state index in [1.54, 1.807) is 34.0 Å². The predicted molar refractivity (Wildman–Crippen MR) is 117 cm³/mol. The van der Waals surface area contributed by atoms with Gasteiger partial charge in [0.1, 0.15) is 4.90 Å². The molecule has 1 aliphatic rings. The van der Waals surface area contributed by atoms with Gasteiger partial charge in [-0.15, -0.1) is 11.3 Å². The number of nitrogens with zero attached hydrogens (tertiary/aromatic N) is 4. The van der Waals surface area contributed by atoms with E-state index in [-0.39, 0.29) is 0 Å². The van der Waals surface area contributed by atoms with E-state index in [0.29, 0.717) is 36.6 Å². The zero-order valence-electron chi connectivity index (χ0n) is 16.8. The van der Waals surface area contributed by atoms with Crippen molar-refractivity contribution in [2.45, 2.75) is 38.1 Å². The number of benzene rings is 1. The standard InChI is InChI=1S/C21H26N4O2S2/c1-3-5-20-23-18(15-28-20)14-24-8-10-25(11-9-24)29(26,27)19-7-4-6-17-12-16(2)13-22-21(17)19/h4,6-7,12-13,15H,3,5,8-11,14H2,1-2H3. The van der Waals surface area contributed by atoms with Crippen LogP contribution in [-0.2, 0) is 23.0 Å². The second kappa shape index (κ2) is 8.47. The Bertz CT molecular complexity index is 1100. The van der Waals surface area contributed by atoms with E-state index in [1.165, 1.54) is 5.01 Å². The summed E-state index contributed by atoms with van der Waals surface area (Å²) in [5, 5.41) is 4.16. The molecule has 0 aliphatic carbocycles. The third kappa shape index (κ3) is 4.35. The van der Waals surface area contributed by atoms with Crippen molar-refractivity contribution < 1.29 is 8.42 Å². The molecule has 0 N–H and O–H groups in total. The minimum Gasteiger partial charge on any atom is -0.295 e. The fourth-order valence-corrected chi connectivity index (χ4v) is 6.18. The van der Waals surface area contributed by atoms with Crippen LogP contribution in [-0.4, -0.2) is 53.8 Å². The van der Waals surface area contributed by atoms with Gasteiger partial charge in [0.05, 0.1) is 16.2 Å². The second-order valence-corrected chi connectivity index (χ2v) is 10.4. The smallest absolute Gasteiger partial charge is 0.245 e. The molecule has 1 fully saturated rings. The molecule has 29 heavy (non-hydrogen) atoms. The largest absolute Gasteiger partial charge is 0.295 e. The number of hydrogen-bond acceptors (Lipinski definition) is 6. The van der Waals surface area contributed by atoms with Gasteiger partial charge in [-0.2, -0.15) is 4.31 Å². The normalized spacial score (nSPS) is 16.5. The Morgan fingerprint density at radius 2 is 1.97 bits per heavy atom. The Morgan fingerprint density at radius 1 is 1.17 bits per heavy atom. The van der Waals surface area contributed by atoms with Crippen LogP contribution in [0.4, 0.5) is 0 Å². The van der Waals surface area contributed by atoms with Gasteiger partial charge >= 0.3 is 0 Å². The number of piperazine rings is 1. The molecular weight excluding hydrogens is 404 g/mol.